The van der Waals surface area contributed by atoms with Crippen LogP contribution in [0.5, 0.6) is 5.75 Å². The highest BCUT2D eigenvalue weighted by Crippen LogP contribution is 2.15. The van der Waals surface area contributed by atoms with Gasteiger partial charge in [0.1, 0.15) is 11.4 Å². The number of ether oxygens (including phenoxy) is 1. The highest BCUT2D eigenvalue weighted by Gasteiger charge is 2.10. The van der Waals surface area contributed by atoms with Gasteiger partial charge in [0.05, 0.1) is 12.1 Å². The molecule has 0 bridgehead atoms. The molecule has 2 N–H and O–H groups in total. The molecule has 4 nitrogen and oxygen atoms in total. The highest BCUT2D eigenvalue weighted by molar-refractivity contribution is 7.09. The quantitative estimate of drug-likeness (QED) is 0.796. The fraction of sp³-hybridized carbons (Fsp3) is 0.333. The van der Waals surface area contributed by atoms with Crippen molar-refractivity contribution in [2.45, 2.75) is 19.3 Å². The molecule has 0 spiro atoms. The molecule has 106 valence electrons. The predicted molar refractivity (Wildman–Crippen MR) is 80.5 cm³/mol. The Morgan fingerprint density at radius 1 is 1.30 bits per heavy atom. The van der Waals surface area contributed by atoms with Gasteiger partial charge in [-0.3, -0.25) is 4.79 Å². The zero-order valence-electron chi connectivity index (χ0n) is 11.5. The smallest absolute Gasteiger partial charge is 0.182 e. The van der Waals surface area contributed by atoms with Gasteiger partial charge in [0, 0.05) is 18.2 Å². The SMILES string of the molecule is COc1ccc(CCC(=O)c2csc(CCN)n2)cc1. The maximum atomic E-state index is 12.0. The van der Waals surface area contributed by atoms with E-state index in [1.54, 1.807) is 7.11 Å². The summed E-state index contributed by atoms with van der Waals surface area (Å²) < 4.78 is 5.10. The first kappa shape index (κ1) is 14.7. The van der Waals surface area contributed by atoms with Gasteiger partial charge < -0.3 is 10.5 Å². The third kappa shape index (κ3) is 3.88. The molecule has 1 aromatic heterocycles. The average Bonchev–Trinajstić information content (AvgIpc) is 2.94. The summed E-state index contributed by atoms with van der Waals surface area (Å²) in [5.41, 5.74) is 7.16. The molecule has 0 aliphatic rings. The minimum atomic E-state index is 0.0836. The van der Waals surface area contributed by atoms with E-state index in [0.717, 1.165) is 22.7 Å². The van der Waals surface area contributed by atoms with Gasteiger partial charge in [-0.15, -0.1) is 11.3 Å². The standard InChI is InChI=1S/C15H18N2O2S/c1-19-12-5-2-11(3-6-12)4-7-14(18)13-10-20-15(17-13)8-9-16/h2-3,5-6,10H,4,7-9,16H2,1H3. The van der Waals surface area contributed by atoms with Crippen molar-refractivity contribution in [2.24, 2.45) is 5.73 Å². The number of aromatic nitrogens is 1. The first-order valence-electron chi connectivity index (χ1n) is 6.53. The van der Waals surface area contributed by atoms with Crippen molar-refractivity contribution < 1.29 is 9.53 Å². The van der Waals surface area contributed by atoms with Crippen LogP contribution in [0.1, 0.15) is 27.5 Å². The minimum Gasteiger partial charge on any atom is -0.497 e. The first-order valence-corrected chi connectivity index (χ1v) is 7.41. The molecule has 0 radical (unpaired) electrons. The fourth-order valence-electron chi connectivity index (χ4n) is 1.86. The zero-order chi connectivity index (χ0) is 14.4. The van der Waals surface area contributed by atoms with E-state index in [1.807, 2.05) is 29.6 Å². The van der Waals surface area contributed by atoms with Crippen LogP contribution >= 0.6 is 11.3 Å². The minimum absolute atomic E-state index is 0.0836. The summed E-state index contributed by atoms with van der Waals surface area (Å²) >= 11 is 1.50. The first-order chi connectivity index (χ1) is 9.72. The van der Waals surface area contributed by atoms with Crippen molar-refractivity contribution >= 4 is 17.1 Å². The summed E-state index contributed by atoms with van der Waals surface area (Å²) in [5, 5.41) is 2.75. The van der Waals surface area contributed by atoms with E-state index in [0.29, 0.717) is 25.1 Å². The van der Waals surface area contributed by atoms with E-state index in [4.69, 9.17) is 10.5 Å². The molecule has 1 heterocycles. The molecule has 5 heteroatoms. The molecule has 0 atom stereocenters. The van der Waals surface area contributed by atoms with E-state index in [-0.39, 0.29) is 5.78 Å². The van der Waals surface area contributed by atoms with Gasteiger partial charge in [0.15, 0.2) is 5.78 Å². The van der Waals surface area contributed by atoms with E-state index in [2.05, 4.69) is 4.98 Å². The number of ketones is 1. The molecule has 0 fully saturated rings. The van der Waals surface area contributed by atoms with Crippen molar-refractivity contribution in [1.82, 2.24) is 4.98 Å². The molecule has 2 rings (SSSR count). The number of thiazole rings is 1. The molecular weight excluding hydrogens is 272 g/mol. The lowest BCUT2D eigenvalue weighted by atomic mass is 10.1. The summed E-state index contributed by atoms with van der Waals surface area (Å²) in [7, 11) is 1.64. The Morgan fingerprint density at radius 2 is 2.05 bits per heavy atom. The van der Waals surface area contributed by atoms with Gasteiger partial charge in [-0.1, -0.05) is 12.1 Å². The number of Topliss-reactive ketones (excluding diaryl/α,β-unsaturated/α-hetero) is 1. The maximum absolute atomic E-state index is 12.0. The summed E-state index contributed by atoms with van der Waals surface area (Å²) in [6.07, 6.45) is 1.92. The van der Waals surface area contributed by atoms with Crippen LogP contribution in [-0.4, -0.2) is 24.4 Å². The monoisotopic (exact) mass is 290 g/mol. The Hall–Kier alpha value is -1.72. The Morgan fingerprint density at radius 3 is 2.70 bits per heavy atom. The molecule has 0 saturated heterocycles. The number of nitrogens with zero attached hydrogens (tertiary/aromatic N) is 1. The number of hydrogen-bond acceptors (Lipinski definition) is 5. The Labute approximate surface area is 122 Å². The number of hydrogen-bond donors (Lipinski definition) is 1. The third-order valence-corrected chi connectivity index (χ3v) is 3.90. The largest absolute Gasteiger partial charge is 0.497 e. The van der Waals surface area contributed by atoms with Gasteiger partial charge >= 0.3 is 0 Å². The van der Waals surface area contributed by atoms with Crippen LogP contribution in [0.2, 0.25) is 0 Å². The molecule has 20 heavy (non-hydrogen) atoms. The van der Waals surface area contributed by atoms with Crippen LogP contribution in [0.3, 0.4) is 0 Å². The van der Waals surface area contributed by atoms with Crippen molar-refractivity contribution in [3.63, 3.8) is 0 Å². The second-order valence-electron chi connectivity index (χ2n) is 4.44. The number of methoxy groups -OCH3 is 1. The Balaban J connectivity index is 1.90. The molecule has 0 aliphatic carbocycles. The lowest BCUT2D eigenvalue weighted by molar-refractivity contribution is 0.0978. The number of carbonyl (C=O) groups excluding carboxylic acids is 1. The molecular formula is C15H18N2O2S. The molecule has 0 unspecified atom stereocenters. The van der Waals surface area contributed by atoms with E-state index in [9.17, 15) is 4.79 Å². The van der Waals surface area contributed by atoms with E-state index >= 15 is 0 Å². The number of benzene rings is 1. The van der Waals surface area contributed by atoms with Crippen molar-refractivity contribution in [2.75, 3.05) is 13.7 Å². The molecule has 1 aromatic carbocycles. The molecule has 0 amide bonds. The van der Waals surface area contributed by atoms with Gasteiger partial charge in [0.25, 0.3) is 0 Å². The molecule has 0 saturated carbocycles. The number of nitrogens with two attached hydrogens (primary N) is 1. The van der Waals surface area contributed by atoms with Crippen LogP contribution in [0.25, 0.3) is 0 Å². The molecule has 2 aromatic rings. The number of aryl methyl sites for hydroxylation is 1. The highest BCUT2D eigenvalue weighted by atomic mass is 32.1. The molecule has 0 aliphatic heterocycles. The van der Waals surface area contributed by atoms with Crippen LogP contribution in [0, 0.1) is 0 Å². The van der Waals surface area contributed by atoms with Crippen LogP contribution in [0.15, 0.2) is 29.6 Å². The second-order valence-corrected chi connectivity index (χ2v) is 5.38. The van der Waals surface area contributed by atoms with Crippen LogP contribution < -0.4 is 10.5 Å². The van der Waals surface area contributed by atoms with Crippen molar-refractivity contribution in [1.29, 1.82) is 0 Å². The average molecular weight is 290 g/mol. The lowest BCUT2D eigenvalue weighted by Crippen LogP contribution is -2.04. The number of carbonyl (C=O) groups is 1. The summed E-state index contributed by atoms with van der Waals surface area (Å²) in [4.78, 5) is 16.4. The lowest BCUT2D eigenvalue weighted by Gasteiger charge is -2.02. The Bertz CT molecular complexity index is 564. The van der Waals surface area contributed by atoms with Gasteiger partial charge in [0.2, 0.25) is 0 Å². The number of rotatable bonds is 7. The zero-order valence-corrected chi connectivity index (χ0v) is 12.3. The summed E-state index contributed by atoms with van der Waals surface area (Å²) in [5.74, 6) is 0.909. The van der Waals surface area contributed by atoms with Crippen molar-refractivity contribution in [3.05, 3.63) is 45.9 Å². The van der Waals surface area contributed by atoms with E-state index in [1.165, 1.54) is 11.3 Å². The summed E-state index contributed by atoms with van der Waals surface area (Å²) in [6.45, 7) is 0.562. The van der Waals surface area contributed by atoms with Crippen molar-refractivity contribution in [3.8, 4) is 5.75 Å². The topological polar surface area (TPSA) is 65.2 Å². The third-order valence-electron chi connectivity index (χ3n) is 3.00. The van der Waals surface area contributed by atoms with Gasteiger partial charge in [-0.2, -0.15) is 0 Å². The van der Waals surface area contributed by atoms with Crippen LogP contribution in [0.4, 0.5) is 0 Å². The van der Waals surface area contributed by atoms with Gasteiger partial charge in [-0.05, 0) is 30.7 Å². The Kier molecular flexibility index (Phi) is 5.26. The predicted octanol–water partition coefficient (Wildman–Crippen LogP) is 2.47. The van der Waals surface area contributed by atoms with E-state index < -0.39 is 0 Å². The van der Waals surface area contributed by atoms with Gasteiger partial charge in [-0.25, -0.2) is 4.98 Å². The normalized spacial score (nSPS) is 10.5. The maximum Gasteiger partial charge on any atom is 0.182 e. The fourth-order valence-corrected chi connectivity index (χ4v) is 2.67. The van der Waals surface area contributed by atoms with Crippen LogP contribution in [-0.2, 0) is 12.8 Å². The summed E-state index contributed by atoms with van der Waals surface area (Å²) in [6, 6.07) is 7.77. The second kappa shape index (κ2) is 7.17.